The second-order valence-corrected chi connectivity index (χ2v) is 4.70. The van der Waals surface area contributed by atoms with Crippen LogP contribution in [0.4, 0.5) is 13.2 Å². The molecule has 1 N–H and O–H groups in total. The van der Waals surface area contributed by atoms with Crippen LogP contribution in [0.1, 0.15) is 39.5 Å². The minimum absolute atomic E-state index is 0.131. The van der Waals surface area contributed by atoms with Crippen LogP contribution in [0.3, 0.4) is 0 Å². The van der Waals surface area contributed by atoms with Gasteiger partial charge in [0.1, 0.15) is 0 Å². The van der Waals surface area contributed by atoms with E-state index >= 15 is 0 Å². The monoisotopic (exact) mass is 237 g/mol. The van der Waals surface area contributed by atoms with E-state index in [1.807, 2.05) is 0 Å². The van der Waals surface area contributed by atoms with Crippen molar-refractivity contribution in [3.8, 4) is 0 Å². The van der Waals surface area contributed by atoms with Crippen molar-refractivity contribution >= 4 is 5.91 Å². The normalized spacial score (nSPS) is 26.9. The SMILES string of the molecule is CC(C)C(=O)NC1CCCCC1C(F)(F)F. The van der Waals surface area contributed by atoms with Crippen molar-refractivity contribution in [3.05, 3.63) is 0 Å². The number of nitrogens with one attached hydrogen (secondary N) is 1. The van der Waals surface area contributed by atoms with Crippen LogP contribution in [0.2, 0.25) is 0 Å². The summed E-state index contributed by atoms with van der Waals surface area (Å²) in [7, 11) is 0. The second-order valence-electron chi connectivity index (χ2n) is 4.70. The summed E-state index contributed by atoms with van der Waals surface area (Å²) in [6, 6.07) is -0.733. The van der Waals surface area contributed by atoms with Gasteiger partial charge in [0.15, 0.2) is 0 Å². The fraction of sp³-hybridized carbons (Fsp3) is 0.909. The van der Waals surface area contributed by atoms with Crippen molar-refractivity contribution in [2.45, 2.75) is 51.7 Å². The Kier molecular flexibility index (Phi) is 4.21. The van der Waals surface area contributed by atoms with Gasteiger partial charge in [-0.2, -0.15) is 13.2 Å². The van der Waals surface area contributed by atoms with Gasteiger partial charge in [-0.1, -0.05) is 26.7 Å². The predicted molar refractivity (Wildman–Crippen MR) is 54.8 cm³/mol. The van der Waals surface area contributed by atoms with Gasteiger partial charge in [0.2, 0.25) is 5.91 Å². The van der Waals surface area contributed by atoms with Gasteiger partial charge >= 0.3 is 6.18 Å². The van der Waals surface area contributed by atoms with Crippen molar-refractivity contribution in [1.82, 2.24) is 5.32 Å². The Hall–Kier alpha value is -0.740. The van der Waals surface area contributed by atoms with Crippen molar-refractivity contribution in [2.75, 3.05) is 0 Å². The molecule has 5 heteroatoms. The Labute approximate surface area is 93.6 Å². The lowest BCUT2D eigenvalue weighted by Gasteiger charge is -2.33. The maximum atomic E-state index is 12.7. The van der Waals surface area contributed by atoms with Crippen LogP contribution in [0.15, 0.2) is 0 Å². The lowest BCUT2D eigenvalue weighted by Crippen LogP contribution is -2.48. The molecular formula is C11H18F3NO. The van der Waals surface area contributed by atoms with E-state index in [1.165, 1.54) is 0 Å². The maximum Gasteiger partial charge on any atom is 0.393 e. The summed E-state index contributed by atoms with van der Waals surface area (Å²) in [5.74, 6) is -1.93. The van der Waals surface area contributed by atoms with E-state index in [1.54, 1.807) is 13.8 Å². The van der Waals surface area contributed by atoms with Gasteiger partial charge in [0, 0.05) is 12.0 Å². The molecule has 0 aliphatic heterocycles. The molecule has 0 spiro atoms. The molecule has 2 atom stereocenters. The quantitative estimate of drug-likeness (QED) is 0.786. The molecule has 0 aromatic rings. The first-order chi connectivity index (χ1) is 7.32. The maximum absolute atomic E-state index is 12.7. The molecule has 0 bridgehead atoms. The number of amides is 1. The third kappa shape index (κ3) is 3.39. The lowest BCUT2D eigenvalue weighted by molar-refractivity contribution is -0.189. The van der Waals surface area contributed by atoms with E-state index in [-0.39, 0.29) is 18.2 Å². The first kappa shape index (κ1) is 13.3. The summed E-state index contributed by atoms with van der Waals surface area (Å²) in [4.78, 5) is 11.4. The zero-order valence-electron chi connectivity index (χ0n) is 9.60. The molecule has 2 unspecified atom stereocenters. The number of hydrogen-bond donors (Lipinski definition) is 1. The number of halogens is 3. The van der Waals surface area contributed by atoms with Crippen LogP contribution in [0, 0.1) is 11.8 Å². The van der Waals surface area contributed by atoms with E-state index in [0.717, 1.165) is 6.42 Å². The average molecular weight is 237 g/mol. The standard InChI is InChI=1S/C11H18F3NO/c1-7(2)10(16)15-9-6-4-3-5-8(9)11(12,13)14/h7-9H,3-6H2,1-2H3,(H,15,16). The minimum Gasteiger partial charge on any atom is -0.353 e. The second kappa shape index (κ2) is 5.06. The Bertz CT molecular complexity index is 250. The largest absolute Gasteiger partial charge is 0.393 e. The zero-order valence-corrected chi connectivity index (χ0v) is 9.60. The van der Waals surface area contributed by atoms with Crippen molar-refractivity contribution < 1.29 is 18.0 Å². The number of carbonyl (C=O) groups excluding carboxylic acids is 1. The van der Waals surface area contributed by atoms with Crippen LogP contribution in [0.5, 0.6) is 0 Å². The average Bonchev–Trinajstić information content (AvgIpc) is 2.16. The van der Waals surface area contributed by atoms with Crippen LogP contribution in [-0.4, -0.2) is 18.1 Å². The third-order valence-corrected chi connectivity index (χ3v) is 3.04. The van der Waals surface area contributed by atoms with E-state index in [4.69, 9.17) is 0 Å². The molecule has 0 heterocycles. The summed E-state index contributed by atoms with van der Waals surface area (Å²) in [5.41, 5.74) is 0. The van der Waals surface area contributed by atoms with Crippen molar-refractivity contribution in [3.63, 3.8) is 0 Å². The number of hydrogen-bond acceptors (Lipinski definition) is 1. The molecule has 94 valence electrons. The molecule has 1 rings (SSSR count). The molecule has 1 saturated carbocycles. The topological polar surface area (TPSA) is 29.1 Å². The van der Waals surface area contributed by atoms with Gasteiger partial charge in [-0.15, -0.1) is 0 Å². The highest BCUT2D eigenvalue weighted by Crippen LogP contribution is 2.37. The summed E-state index contributed by atoms with van der Waals surface area (Å²) in [6.07, 6.45) is -2.28. The molecule has 1 fully saturated rings. The zero-order chi connectivity index (χ0) is 12.3. The molecule has 1 aliphatic carbocycles. The van der Waals surface area contributed by atoms with Crippen LogP contribution in [0.25, 0.3) is 0 Å². The molecule has 2 nitrogen and oxygen atoms in total. The van der Waals surface area contributed by atoms with Gasteiger partial charge in [-0.3, -0.25) is 4.79 Å². The molecule has 1 aliphatic rings. The van der Waals surface area contributed by atoms with E-state index in [0.29, 0.717) is 12.8 Å². The van der Waals surface area contributed by atoms with Crippen molar-refractivity contribution in [2.24, 2.45) is 11.8 Å². The Balaban J connectivity index is 2.64. The summed E-state index contributed by atoms with van der Waals surface area (Å²) < 4.78 is 38.1. The lowest BCUT2D eigenvalue weighted by atomic mass is 9.84. The smallest absolute Gasteiger partial charge is 0.353 e. The molecular weight excluding hydrogens is 219 g/mol. The Morgan fingerprint density at radius 2 is 1.81 bits per heavy atom. The van der Waals surface area contributed by atoms with Gasteiger partial charge < -0.3 is 5.32 Å². The predicted octanol–water partition coefficient (Wildman–Crippen LogP) is 2.88. The number of alkyl halides is 3. The van der Waals surface area contributed by atoms with E-state index in [9.17, 15) is 18.0 Å². The van der Waals surface area contributed by atoms with Crippen molar-refractivity contribution in [1.29, 1.82) is 0 Å². The van der Waals surface area contributed by atoms with E-state index in [2.05, 4.69) is 5.32 Å². The first-order valence-electron chi connectivity index (χ1n) is 5.69. The molecule has 0 saturated heterocycles. The number of carbonyl (C=O) groups is 1. The first-order valence-corrected chi connectivity index (χ1v) is 5.69. The molecule has 1 amide bonds. The number of rotatable bonds is 2. The van der Waals surface area contributed by atoms with Gasteiger partial charge in [0.05, 0.1) is 5.92 Å². The third-order valence-electron chi connectivity index (χ3n) is 3.04. The Morgan fingerprint density at radius 1 is 1.25 bits per heavy atom. The van der Waals surface area contributed by atoms with Crippen LogP contribution in [-0.2, 0) is 4.79 Å². The summed E-state index contributed by atoms with van der Waals surface area (Å²) in [5, 5.41) is 2.52. The highest BCUT2D eigenvalue weighted by atomic mass is 19.4. The highest BCUT2D eigenvalue weighted by Gasteiger charge is 2.45. The van der Waals surface area contributed by atoms with Gasteiger partial charge in [-0.25, -0.2) is 0 Å². The highest BCUT2D eigenvalue weighted by molar-refractivity contribution is 5.78. The van der Waals surface area contributed by atoms with Crippen LogP contribution >= 0.6 is 0 Å². The molecule has 0 radical (unpaired) electrons. The van der Waals surface area contributed by atoms with Gasteiger partial charge in [0.25, 0.3) is 0 Å². The Morgan fingerprint density at radius 3 is 2.31 bits per heavy atom. The molecule has 0 aromatic heterocycles. The van der Waals surface area contributed by atoms with Gasteiger partial charge in [-0.05, 0) is 12.8 Å². The molecule has 16 heavy (non-hydrogen) atoms. The molecule has 0 aromatic carbocycles. The summed E-state index contributed by atoms with van der Waals surface area (Å²) in [6.45, 7) is 3.36. The van der Waals surface area contributed by atoms with E-state index < -0.39 is 18.1 Å². The summed E-state index contributed by atoms with van der Waals surface area (Å²) >= 11 is 0. The fourth-order valence-corrected chi connectivity index (χ4v) is 2.04. The minimum atomic E-state index is -4.20. The fourth-order valence-electron chi connectivity index (χ4n) is 2.04. The van der Waals surface area contributed by atoms with Crippen LogP contribution < -0.4 is 5.32 Å².